The highest BCUT2D eigenvalue weighted by Gasteiger charge is 2.22. The highest BCUT2D eigenvalue weighted by atomic mass is 79.9. The van der Waals surface area contributed by atoms with Crippen molar-refractivity contribution in [3.05, 3.63) is 93.5 Å². The number of carbonyl (C=O) groups excluding carboxylic acids is 3. The Morgan fingerprint density at radius 1 is 0.848 bits per heavy atom. The Kier molecular flexibility index (Phi) is 6.48. The van der Waals surface area contributed by atoms with Gasteiger partial charge in [-0.05, 0) is 55.0 Å². The summed E-state index contributed by atoms with van der Waals surface area (Å²) in [6.07, 6.45) is 0. The summed E-state index contributed by atoms with van der Waals surface area (Å²) in [5.41, 5.74) is 5.06. The van der Waals surface area contributed by atoms with E-state index in [0.717, 1.165) is 10.0 Å². The number of nitrogens with zero attached hydrogens (tertiary/aromatic N) is 1. The zero-order chi connectivity index (χ0) is 23.5. The Hall–Kier alpha value is -3.62. The molecule has 0 fully saturated rings. The molecule has 3 amide bonds. The van der Waals surface area contributed by atoms with Gasteiger partial charge in [-0.3, -0.25) is 19.8 Å². The van der Waals surface area contributed by atoms with Crippen molar-refractivity contribution in [1.29, 1.82) is 0 Å². The topological polar surface area (TPSA) is 92.2 Å². The maximum absolute atomic E-state index is 13.1. The minimum atomic E-state index is -0.958. The van der Waals surface area contributed by atoms with Gasteiger partial charge < -0.3 is 10.6 Å². The Morgan fingerprint density at radius 2 is 1.55 bits per heavy atom. The predicted molar refractivity (Wildman–Crippen MR) is 133 cm³/mol. The molecule has 4 rings (SSSR count). The normalized spacial score (nSPS) is 10.6. The molecule has 9 heteroatoms. The van der Waals surface area contributed by atoms with Gasteiger partial charge in [0.1, 0.15) is 5.69 Å². The van der Waals surface area contributed by atoms with Crippen molar-refractivity contribution in [3.63, 3.8) is 0 Å². The number of aryl methyl sites for hydroxylation is 1. The number of anilines is 2. The van der Waals surface area contributed by atoms with E-state index in [0.29, 0.717) is 27.3 Å². The summed E-state index contributed by atoms with van der Waals surface area (Å²) in [5, 5.41) is 6.32. The summed E-state index contributed by atoms with van der Waals surface area (Å²) < 4.78 is 2.10. The van der Waals surface area contributed by atoms with Gasteiger partial charge >= 0.3 is 11.8 Å². The number of hydrogen-bond acceptors (Lipinski definition) is 3. The molecule has 0 atom stereocenters. The molecule has 7 nitrogen and oxygen atoms in total. The lowest BCUT2D eigenvalue weighted by atomic mass is 10.2. The van der Waals surface area contributed by atoms with Gasteiger partial charge in [0.25, 0.3) is 5.91 Å². The van der Waals surface area contributed by atoms with E-state index in [1.54, 1.807) is 48.5 Å². The zero-order valence-electron chi connectivity index (χ0n) is 17.4. The number of benzene rings is 3. The largest absolute Gasteiger partial charge is 0.328 e. The standard InChI is InChI=1S/C24H18BrClN4O3/c1-14-6-2-4-8-18(14)27-22(31)21-13-15-12-16(25)10-11-20(15)30(21)29-24(33)23(32)28-19-9-5-3-7-17(19)26/h2-13H,1H3,(H,27,31)(H,28,32)(H,29,33). The monoisotopic (exact) mass is 524 g/mol. The lowest BCUT2D eigenvalue weighted by Gasteiger charge is -2.13. The van der Waals surface area contributed by atoms with Gasteiger partial charge in [0.05, 0.1) is 16.2 Å². The molecule has 33 heavy (non-hydrogen) atoms. The Labute approximate surface area is 202 Å². The van der Waals surface area contributed by atoms with E-state index < -0.39 is 17.7 Å². The van der Waals surface area contributed by atoms with E-state index in [9.17, 15) is 14.4 Å². The molecule has 0 aliphatic carbocycles. The van der Waals surface area contributed by atoms with Crippen LogP contribution in [0.3, 0.4) is 0 Å². The first-order chi connectivity index (χ1) is 15.8. The van der Waals surface area contributed by atoms with Crippen LogP contribution in [0.25, 0.3) is 10.9 Å². The summed E-state index contributed by atoms with van der Waals surface area (Å²) in [4.78, 5) is 38.3. The highest BCUT2D eigenvalue weighted by Crippen LogP contribution is 2.25. The van der Waals surface area contributed by atoms with Gasteiger partial charge in [0.2, 0.25) is 0 Å². The van der Waals surface area contributed by atoms with Gasteiger partial charge in [0, 0.05) is 15.5 Å². The molecule has 0 spiro atoms. The number of halogens is 2. The van der Waals surface area contributed by atoms with Crippen LogP contribution in [0.4, 0.5) is 11.4 Å². The van der Waals surface area contributed by atoms with Crippen molar-refractivity contribution >= 4 is 67.5 Å². The number of nitrogens with one attached hydrogen (secondary N) is 3. The molecule has 166 valence electrons. The summed E-state index contributed by atoms with van der Waals surface area (Å²) in [7, 11) is 0. The molecular formula is C24H18BrClN4O3. The van der Waals surface area contributed by atoms with Gasteiger partial charge in [-0.15, -0.1) is 0 Å². The summed E-state index contributed by atoms with van der Waals surface area (Å²) in [6.45, 7) is 1.88. The third-order valence-corrected chi connectivity index (χ3v) is 5.75. The van der Waals surface area contributed by atoms with Gasteiger partial charge in [-0.2, -0.15) is 0 Å². The number of hydrogen-bond donors (Lipinski definition) is 3. The lowest BCUT2D eigenvalue weighted by Crippen LogP contribution is -2.36. The number of aromatic nitrogens is 1. The predicted octanol–water partition coefficient (Wildman–Crippen LogP) is 5.33. The van der Waals surface area contributed by atoms with E-state index >= 15 is 0 Å². The lowest BCUT2D eigenvalue weighted by molar-refractivity contribution is -0.133. The van der Waals surface area contributed by atoms with Crippen molar-refractivity contribution in [2.75, 3.05) is 16.1 Å². The van der Waals surface area contributed by atoms with Crippen LogP contribution in [0, 0.1) is 6.92 Å². The average Bonchev–Trinajstić information content (AvgIpc) is 3.14. The fraction of sp³-hybridized carbons (Fsp3) is 0.0417. The SMILES string of the molecule is Cc1ccccc1NC(=O)c1cc2cc(Br)ccc2n1NC(=O)C(=O)Nc1ccccc1Cl. The molecule has 1 aromatic heterocycles. The second-order valence-electron chi connectivity index (χ2n) is 7.21. The van der Waals surface area contributed by atoms with Gasteiger partial charge in [-0.1, -0.05) is 57.9 Å². The number of amides is 3. The quantitative estimate of drug-likeness (QED) is 0.315. The third kappa shape index (κ3) is 4.92. The first-order valence-corrected chi connectivity index (χ1v) is 11.1. The second kappa shape index (κ2) is 9.48. The van der Waals surface area contributed by atoms with Crippen molar-refractivity contribution in [1.82, 2.24) is 4.68 Å². The van der Waals surface area contributed by atoms with Crippen LogP contribution in [0.1, 0.15) is 16.1 Å². The molecule has 0 aliphatic heterocycles. The number of para-hydroxylation sites is 2. The molecule has 3 N–H and O–H groups in total. The third-order valence-electron chi connectivity index (χ3n) is 4.93. The molecule has 1 heterocycles. The van der Waals surface area contributed by atoms with Crippen molar-refractivity contribution in [3.8, 4) is 0 Å². The first-order valence-electron chi connectivity index (χ1n) is 9.88. The maximum Gasteiger partial charge on any atom is 0.328 e. The van der Waals surface area contributed by atoms with E-state index in [4.69, 9.17) is 11.6 Å². The average molecular weight is 526 g/mol. The van der Waals surface area contributed by atoms with Crippen LogP contribution in [0.5, 0.6) is 0 Å². The maximum atomic E-state index is 13.1. The van der Waals surface area contributed by atoms with Crippen molar-refractivity contribution in [2.45, 2.75) is 6.92 Å². The van der Waals surface area contributed by atoms with Crippen molar-refractivity contribution < 1.29 is 14.4 Å². The molecule has 0 saturated heterocycles. The van der Waals surface area contributed by atoms with Gasteiger partial charge in [0.15, 0.2) is 0 Å². The van der Waals surface area contributed by atoms with E-state index in [2.05, 4.69) is 32.0 Å². The highest BCUT2D eigenvalue weighted by molar-refractivity contribution is 9.10. The van der Waals surface area contributed by atoms with Crippen LogP contribution >= 0.6 is 27.5 Å². The number of carbonyl (C=O) groups is 3. The van der Waals surface area contributed by atoms with E-state index in [-0.39, 0.29) is 5.69 Å². The van der Waals surface area contributed by atoms with Crippen LogP contribution in [0.2, 0.25) is 5.02 Å². The zero-order valence-corrected chi connectivity index (χ0v) is 19.7. The summed E-state index contributed by atoms with van der Waals surface area (Å²) in [6, 6.07) is 20.9. The van der Waals surface area contributed by atoms with Crippen LogP contribution in [-0.4, -0.2) is 22.4 Å². The fourth-order valence-electron chi connectivity index (χ4n) is 3.27. The van der Waals surface area contributed by atoms with Crippen LogP contribution in [-0.2, 0) is 9.59 Å². The minimum absolute atomic E-state index is 0.158. The van der Waals surface area contributed by atoms with Crippen LogP contribution < -0.4 is 16.1 Å². The molecule has 0 saturated carbocycles. The number of fused-ring (bicyclic) bond motifs is 1. The Bertz CT molecular complexity index is 1400. The van der Waals surface area contributed by atoms with E-state index in [1.807, 2.05) is 31.2 Å². The van der Waals surface area contributed by atoms with Gasteiger partial charge in [-0.25, -0.2) is 4.68 Å². The fourth-order valence-corrected chi connectivity index (χ4v) is 3.83. The molecule has 0 bridgehead atoms. The molecular weight excluding hydrogens is 508 g/mol. The molecule has 0 unspecified atom stereocenters. The Balaban J connectivity index is 1.65. The summed E-state index contributed by atoms with van der Waals surface area (Å²) in [5.74, 6) is -2.32. The summed E-state index contributed by atoms with van der Waals surface area (Å²) >= 11 is 9.47. The molecule has 4 aromatic rings. The molecule has 0 aliphatic rings. The van der Waals surface area contributed by atoms with E-state index in [1.165, 1.54) is 4.68 Å². The smallest absolute Gasteiger partial charge is 0.320 e. The first kappa shape index (κ1) is 22.6. The number of rotatable bonds is 4. The molecule has 0 radical (unpaired) electrons. The van der Waals surface area contributed by atoms with Crippen LogP contribution in [0.15, 0.2) is 77.3 Å². The second-order valence-corrected chi connectivity index (χ2v) is 8.53. The molecule has 3 aromatic carbocycles. The van der Waals surface area contributed by atoms with Crippen molar-refractivity contribution in [2.24, 2.45) is 0 Å². The minimum Gasteiger partial charge on any atom is -0.320 e. The Morgan fingerprint density at radius 3 is 2.27 bits per heavy atom.